The summed E-state index contributed by atoms with van der Waals surface area (Å²) in [6.07, 6.45) is 7.57. The van der Waals surface area contributed by atoms with Gasteiger partial charge in [0.15, 0.2) is 0 Å². The highest BCUT2D eigenvalue weighted by Gasteiger charge is 2.19. The highest BCUT2D eigenvalue weighted by atomic mass is 16.5. The molecule has 0 radical (unpaired) electrons. The molecule has 0 spiro atoms. The number of carbonyl (C=O) groups excluding carboxylic acids is 1. The van der Waals surface area contributed by atoms with Crippen molar-refractivity contribution in [2.75, 3.05) is 12.3 Å². The van der Waals surface area contributed by atoms with Gasteiger partial charge in [0.1, 0.15) is 11.9 Å². The molecule has 0 heterocycles. The number of nitrogen functional groups attached to an aromatic ring is 1. The molecule has 1 aliphatic carbocycles. The zero-order valence-corrected chi connectivity index (χ0v) is 12.8. The van der Waals surface area contributed by atoms with Crippen LogP contribution in [0.4, 0.5) is 5.69 Å². The zero-order chi connectivity index (χ0) is 15.1. The van der Waals surface area contributed by atoms with E-state index in [0.29, 0.717) is 23.6 Å². The molecule has 0 atom stereocenters. The van der Waals surface area contributed by atoms with Crippen LogP contribution in [0.1, 0.15) is 62.2 Å². The van der Waals surface area contributed by atoms with E-state index in [1.807, 2.05) is 0 Å². The minimum atomic E-state index is -0.276. The van der Waals surface area contributed by atoms with Gasteiger partial charge in [-0.25, -0.2) is 4.79 Å². The normalized spacial score (nSPS) is 15.7. The predicted octanol–water partition coefficient (Wildman–Crippen LogP) is 3.94. The number of hydrogen-bond donors (Lipinski definition) is 1. The van der Waals surface area contributed by atoms with E-state index < -0.39 is 0 Å². The molecule has 4 heteroatoms. The van der Waals surface area contributed by atoms with Crippen molar-refractivity contribution in [3.63, 3.8) is 0 Å². The summed E-state index contributed by atoms with van der Waals surface area (Å²) in [7, 11) is 0. The fourth-order valence-electron chi connectivity index (χ4n) is 2.52. The van der Waals surface area contributed by atoms with E-state index >= 15 is 0 Å². The van der Waals surface area contributed by atoms with Gasteiger partial charge in [0.2, 0.25) is 0 Å². The Labute approximate surface area is 126 Å². The van der Waals surface area contributed by atoms with E-state index in [9.17, 15) is 4.79 Å². The molecule has 0 saturated heterocycles. The predicted molar refractivity (Wildman–Crippen MR) is 83.5 cm³/mol. The van der Waals surface area contributed by atoms with Gasteiger partial charge >= 0.3 is 5.97 Å². The van der Waals surface area contributed by atoms with Crippen molar-refractivity contribution in [3.05, 3.63) is 23.8 Å². The van der Waals surface area contributed by atoms with Gasteiger partial charge in [0, 0.05) is 0 Å². The lowest BCUT2D eigenvalue weighted by Crippen LogP contribution is -2.21. The van der Waals surface area contributed by atoms with Crippen molar-refractivity contribution in [2.45, 2.75) is 58.0 Å². The maximum Gasteiger partial charge on any atom is 0.338 e. The summed E-state index contributed by atoms with van der Waals surface area (Å²) in [5.74, 6) is 0.295. The van der Waals surface area contributed by atoms with Gasteiger partial charge in [-0.1, -0.05) is 19.8 Å². The maximum atomic E-state index is 12.2. The smallest absolute Gasteiger partial charge is 0.338 e. The Bertz CT molecular complexity index is 467. The monoisotopic (exact) mass is 291 g/mol. The summed E-state index contributed by atoms with van der Waals surface area (Å²) in [6, 6.07) is 5.10. The molecule has 0 aromatic heterocycles. The van der Waals surface area contributed by atoms with Crippen molar-refractivity contribution >= 4 is 11.7 Å². The molecule has 1 aliphatic rings. The average molecular weight is 291 g/mol. The first-order valence-electron chi connectivity index (χ1n) is 7.94. The quantitative estimate of drug-likeness (QED) is 0.490. The van der Waals surface area contributed by atoms with Crippen LogP contribution in [0, 0.1) is 0 Å². The van der Waals surface area contributed by atoms with Gasteiger partial charge in [-0.3, -0.25) is 0 Å². The number of ether oxygens (including phenoxy) is 2. The molecule has 21 heavy (non-hydrogen) atoms. The molecule has 0 unspecified atom stereocenters. The highest BCUT2D eigenvalue weighted by molar-refractivity contribution is 5.90. The fraction of sp³-hybridized carbons (Fsp3) is 0.588. The van der Waals surface area contributed by atoms with Crippen molar-refractivity contribution in [1.82, 2.24) is 0 Å². The number of benzene rings is 1. The second-order valence-electron chi connectivity index (χ2n) is 5.62. The molecule has 1 saturated carbocycles. The van der Waals surface area contributed by atoms with E-state index in [1.165, 1.54) is 6.42 Å². The first-order chi connectivity index (χ1) is 10.2. The van der Waals surface area contributed by atoms with Crippen LogP contribution in [0.5, 0.6) is 5.75 Å². The van der Waals surface area contributed by atoms with E-state index in [0.717, 1.165) is 38.5 Å². The van der Waals surface area contributed by atoms with Crippen molar-refractivity contribution in [3.8, 4) is 5.75 Å². The summed E-state index contributed by atoms with van der Waals surface area (Å²) in [6.45, 7) is 2.71. The Morgan fingerprint density at radius 1 is 1.29 bits per heavy atom. The van der Waals surface area contributed by atoms with Gasteiger partial charge in [0.05, 0.1) is 17.9 Å². The van der Waals surface area contributed by atoms with Gasteiger partial charge in [-0.15, -0.1) is 0 Å². The van der Waals surface area contributed by atoms with E-state index in [2.05, 4.69) is 6.92 Å². The average Bonchev–Trinajstić information content (AvgIpc) is 2.50. The molecule has 1 aromatic rings. The third kappa shape index (κ3) is 4.66. The first kappa shape index (κ1) is 15.7. The van der Waals surface area contributed by atoms with Gasteiger partial charge in [-0.2, -0.15) is 0 Å². The molecule has 2 rings (SSSR count). The molecule has 0 bridgehead atoms. The number of rotatable bonds is 6. The summed E-state index contributed by atoms with van der Waals surface area (Å²) in [4.78, 5) is 12.2. The molecule has 0 amide bonds. The second kappa shape index (κ2) is 7.91. The van der Waals surface area contributed by atoms with Crippen LogP contribution in [0.2, 0.25) is 0 Å². The third-order valence-corrected chi connectivity index (χ3v) is 3.83. The Balaban J connectivity index is 1.97. The Kier molecular flexibility index (Phi) is 5.90. The molecular weight excluding hydrogens is 266 g/mol. The van der Waals surface area contributed by atoms with E-state index in [-0.39, 0.29) is 12.1 Å². The number of hydrogen-bond acceptors (Lipinski definition) is 4. The topological polar surface area (TPSA) is 61.5 Å². The van der Waals surface area contributed by atoms with Crippen LogP contribution in [-0.2, 0) is 4.74 Å². The van der Waals surface area contributed by atoms with Crippen LogP contribution >= 0.6 is 0 Å². The maximum absolute atomic E-state index is 12.2. The standard InChI is InChI=1S/C17H25NO3/c1-2-3-11-20-16-12-13(9-10-15(16)18)17(19)21-14-7-5-4-6-8-14/h9-10,12,14H,2-8,11,18H2,1H3. The minimum Gasteiger partial charge on any atom is -0.491 e. The number of anilines is 1. The number of unbranched alkanes of at least 4 members (excludes halogenated alkanes) is 1. The molecule has 4 nitrogen and oxygen atoms in total. The second-order valence-corrected chi connectivity index (χ2v) is 5.62. The number of esters is 1. The van der Waals surface area contributed by atoms with Gasteiger partial charge in [-0.05, 0) is 50.3 Å². The molecule has 1 aromatic carbocycles. The van der Waals surface area contributed by atoms with Crippen LogP contribution < -0.4 is 10.5 Å². The van der Waals surface area contributed by atoms with E-state index in [1.54, 1.807) is 18.2 Å². The Hall–Kier alpha value is -1.71. The number of nitrogens with two attached hydrogens (primary N) is 1. The van der Waals surface area contributed by atoms with E-state index in [4.69, 9.17) is 15.2 Å². The molecule has 116 valence electrons. The summed E-state index contributed by atoms with van der Waals surface area (Å²) in [5.41, 5.74) is 6.95. The Morgan fingerprint density at radius 3 is 2.76 bits per heavy atom. The SMILES string of the molecule is CCCCOc1cc(C(=O)OC2CCCCC2)ccc1N. The lowest BCUT2D eigenvalue weighted by Gasteiger charge is -2.22. The molecule has 2 N–H and O–H groups in total. The van der Waals surface area contributed by atoms with Gasteiger partial charge in [0.25, 0.3) is 0 Å². The fourth-order valence-corrected chi connectivity index (χ4v) is 2.52. The van der Waals surface area contributed by atoms with Crippen molar-refractivity contribution in [1.29, 1.82) is 0 Å². The summed E-state index contributed by atoms with van der Waals surface area (Å²) >= 11 is 0. The zero-order valence-electron chi connectivity index (χ0n) is 12.8. The Morgan fingerprint density at radius 2 is 2.05 bits per heavy atom. The van der Waals surface area contributed by atoms with Crippen LogP contribution in [-0.4, -0.2) is 18.7 Å². The molecular formula is C17H25NO3. The highest BCUT2D eigenvalue weighted by Crippen LogP contribution is 2.25. The minimum absolute atomic E-state index is 0.0632. The van der Waals surface area contributed by atoms with Crippen molar-refractivity contribution < 1.29 is 14.3 Å². The molecule has 0 aliphatic heterocycles. The van der Waals surface area contributed by atoms with Crippen LogP contribution in [0.25, 0.3) is 0 Å². The van der Waals surface area contributed by atoms with Crippen LogP contribution in [0.3, 0.4) is 0 Å². The number of carbonyl (C=O) groups is 1. The third-order valence-electron chi connectivity index (χ3n) is 3.83. The molecule has 1 fully saturated rings. The van der Waals surface area contributed by atoms with Gasteiger partial charge < -0.3 is 15.2 Å². The van der Waals surface area contributed by atoms with Crippen molar-refractivity contribution in [2.24, 2.45) is 0 Å². The lowest BCUT2D eigenvalue weighted by molar-refractivity contribution is 0.0211. The summed E-state index contributed by atoms with van der Waals surface area (Å²) < 4.78 is 11.2. The summed E-state index contributed by atoms with van der Waals surface area (Å²) in [5, 5.41) is 0. The first-order valence-corrected chi connectivity index (χ1v) is 7.94. The van der Waals surface area contributed by atoms with Crippen LogP contribution in [0.15, 0.2) is 18.2 Å². The largest absolute Gasteiger partial charge is 0.491 e. The lowest BCUT2D eigenvalue weighted by atomic mass is 9.98.